The molecule has 0 unspecified atom stereocenters. The highest BCUT2D eigenvalue weighted by Crippen LogP contribution is 2.31. The van der Waals surface area contributed by atoms with Gasteiger partial charge in [-0.2, -0.15) is 0 Å². The molecule has 0 aliphatic carbocycles. The van der Waals surface area contributed by atoms with Crippen molar-refractivity contribution in [3.63, 3.8) is 0 Å². The van der Waals surface area contributed by atoms with E-state index in [0.717, 1.165) is 12.8 Å². The van der Waals surface area contributed by atoms with Crippen molar-refractivity contribution in [1.29, 1.82) is 0 Å². The Kier molecular flexibility index (Phi) is 7.61. The molecule has 2 amide bonds. The van der Waals surface area contributed by atoms with Gasteiger partial charge in [-0.3, -0.25) is 14.4 Å². The first kappa shape index (κ1) is 20.7. The number of nitrogens with two attached hydrogens (primary N) is 1. The first-order chi connectivity index (χ1) is 11.7. The molecule has 0 saturated carbocycles. The van der Waals surface area contributed by atoms with Crippen LogP contribution in [0.15, 0.2) is 12.1 Å². The van der Waals surface area contributed by atoms with Crippen LogP contribution in [0.2, 0.25) is 0 Å². The molecular formula is C19H29N3O3. The van der Waals surface area contributed by atoms with Crippen LogP contribution in [0.4, 0.5) is 17.1 Å². The normalized spacial score (nSPS) is 10.8. The monoisotopic (exact) mass is 347 g/mol. The van der Waals surface area contributed by atoms with Crippen LogP contribution in [0.25, 0.3) is 0 Å². The van der Waals surface area contributed by atoms with Gasteiger partial charge in [0.25, 0.3) is 0 Å². The van der Waals surface area contributed by atoms with Gasteiger partial charge < -0.3 is 16.4 Å². The number of unbranched alkanes of at least 4 members (excludes halogenated alkanes) is 1. The summed E-state index contributed by atoms with van der Waals surface area (Å²) >= 11 is 0. The average molecular weight is 347 g/mol. The molecule has 1 aromatic carbocycles. The summed E-state index contributed by atoms with van der Waals surface area (Å²) < 4.78 is 0. The van der Waals surface area contributed by atoms with Crippen molar-refractivity contribution < 1.29 is 14.4 Å². The largest absolute Gasteiger partial charge is 0.395 e. The minimum absolute atomic E-state index is 0.0399. The Morgan fingerprint density at radius 3 is 1.76 bits per heavy atom. The van der Waals surface area contributed by atoms with Crippen molar-refractivity contribution in [2.45, 2.75) is 53.9 Å². The molecule has 0 fully saturated rings. The third-order valence-corrected chi connectivity index (χ3v) is 3.82. The van der Waals surface area contributed by atoms with Crippen molar-refractivity contribution in [2.75, 3.05) is 16.4 Å². The Bertz CT molecular complexity index is 608. The lowest BCUT2D eigenvalue weighted by Crippen LogP contribution is -2.22. The van der Waals surface area contributed by atoms with Gasteiger partial charge in [0, 0.05) is 23.8 Å². The molecule has 0 aromatic heterocycles. The quantitative estimate of drug-likeness (QED) is 0.491. The first-order valence-corrected chi connectivity index (χ1v) is 8.75. The van der Waals surface area contributed by atoms with Gasteiger partial charge in [-0.15, -0.1) is 0 Å². The van der Waals surface area contributed by atoms with Crippen LogP contribution in [-0.2, 0) is 9.59 Å². The van der Waals surface area contributed by atoms with E-state index in [1.807, 2.05) is 6.92 Å². The van der Waals surface area contributed by atoms with Crippen molar-refractivity contribution >= 4 is 34.7 Å². The number of nitrogen functional groups attached to an aromatic ring is 1. The van der Waals surface area contributed by atoms with E-state index in [-0.39, 0.29) is 35.1 Å². The summed E-state index contributed by atoms with van der Waals surface area (Å²) in [7, 11) is 0. The van der Waals surface area contributed by atoms with Crippen molar-refractivity contribution in [2.24, 2.45) is 11.8 Å². The second kappa shape index (κ2) is 9.20. The van der Waals surface area contributed by atoms with E-state index in [1.54, 1.807) is 39.8 Å². The zero-order valence-corrected chi connectivity index (χ0v) is 15.7. The fourth-order valence-corrected chi connectivity index (χ4v) is 2.06. The highest BCUT2D eigenvalue weighted by molar-refractivity contribution is 6.06. The summed E-state index contributed by atoms with van der Waals surface area (Å²) in [6.07, 6.45) is 2.11. The summed E-state index contributed by atoms with van der Waals surface area (Å²) in [5.41, 5.74) is 7.48. The fourth-order valence-electron chi connectivity index (χ4n) is 2.06. The van der Waals surface area contributed by atoms with Crippen LogP contribution >= 0.6 is 0 Å². The Hall–Kier alpha value is -2.37. The topological polar surface area (TPSA) is 101 Å². The first-order valence-electron chi connectivity index (χ1n) is 8.75. The molecular weight excluding hydrogens is 318 g/mol. The molecule has 0 atom stereocenters. The third-order valence-electron chi connectivity index (χ3n) is 3.82. The number of hydrogen-bond acceptors (Lipinski definition) is 4. The van der Waals surface area contributed by atoms with Crippen molar-refractivity contribution in [3.05, 3.63) is 17.7 Å². The predicted molar refractivity (Wildman–Crippen MR) is 102 cm³/mol. The molecule has 25 heavy (non-hydrogen) atoms. The smallest absolute Gasteiger partial charge is 0.226 e. The number of hydrogen-bond donors (Lipinski definition) is 3. The molecule has 0 saturated heterocycles. The van der Waals surface area contributed by atoms with E-state index in [9.17, 15) is 14.4 Å². The van der Waals surface area contributed by atoms with Gasteiger partial charge in [0.05, 0.1) is 17.1 Å². The lowest BCUT2D eigenvalue weighted by atomic mass is 10.0. The number of carbonyl (C=O) groups excluding carboxylic acids is 3. The third kappa shape index (κ3) is 5.89. The number of ketones is 1. The van der Waals surface area contributed by atoms with Gasteiger partial charge in [-0.25, -0.2) is 0 Å². The second-order valence-corrected chi connectivity index (χ2v) is 6.80. The van der Waals surface area contributed by atoms with Crippen LogP contribution in [0.5, 0.6) is 0 Å². The lowest BCUT2D eigenvalue weighted by Gasteiger charge is -2.17. The van der Waals surface area contributed by atoms with E-state index in [0.29, 0.717) is 23.4 Å². The Morgan fingerprint density at radius 2 is 1.40 bits per heavy atom. The summed E-state index contributed by atoms with van der Waals surface area (Å²) in [5, 5.41) is 5.47. The molecule has 1 rings (SSSR count). The number of carbonyl (C=O) groups is 3. The summed E-state index contributed by atoms with van der Waals surface area (Å²) in [6.45, 7) is 9.08. The molecule has 6 heteroatoms. The molecule has 0 aliphatic rings. The zero-order valence-electron chi connectivity index (χ0n) is 15.7. The van der Waals surface area contributed by atoms with Gasteiger partial charge in [-0.05, 0) is 18.6 Å². The Morgan fingerprint density at radius 1 is 0.960 bits per heavy atom. The number of benzene rings is 1. The maximum absolute atomic E-state index is 12.4. The maximum atomic E-state index is 12.4. The van der Waals surface area contributed by atoms with E-state index in [1.165, 1.54) is 0 Å². The summed E-state index contributed by atoms with van der Waals surface area (Å²) in [4.78, 5) is 36.4. The molecule has 0 heterocycles. The molecule has 6 nitrogen and oxygen atoms in total. The predicted octanol–water partition coefficient (Wildman–Crippen LogP) is 3.83. The van der Waals surface area contributed by atoms with E-state index >= 15 is 0 Å². The van der Waals surface area contributed by atoms with Crippen LogP contribution in [0, 0.1) is 11.8 Å². The number of amides is 2. The maximum Gasteiger partial charge on any atom is 0.226 e. The molecule has 0 spiro atoms. The van der Waals surface area contributed by atoms with E-state index in [4.69, 9.17) is 5.73 Å². The number of rotatable bonds is 8. The molecule has 0 bridgehead atoms. The average Bonchev–Trinajstić information content (AvgIpc) is 2.55. The van der Waals surface area contributed by atoms with Gasteiger partial charge in [0.15, 0.2) is 5.78 Å². The Labute approximate surface area is 149 Å². The van der Waals surface area contributed by atoms with Crippen LogP contribution in [0.3, 0.4) is 0 Å². The highest BCUT2D eigenvalue weighted by Gasteiger charge is 2.18. The van der Waals surface area contributed by atoms with Gasteiger partial charge in [0.2, 0.25) is 11.8 Å². The standard InChI is InChI=1S/C19H29N3O3/c1-6-7-8-16(23)13-9-14(21-18(24)11(2)3)17(20)15(10-13)22-19(25)12(4)5/h9-12H,6-8,20H2,1-5H3,(H,21,24)(H,22,25). The minimum Gasteiger partial charge on any atom is -0.395 e. The van der Waals surface area contributed by atoms with E-state index < -0.39 is 0 Å². The van der Waals surface area contributed by atoms with Crippen LogP contribution in [-0.4, -0.2) is 17.6 Å². The minimum atomic E-state index is -0.229. The summed E-state index contributed by atoms with van der Waals surface area (Å²) in [5.74, 6) is -0.904. The van der Waals surface area contributed by atoms with Gasteiger partial charge in [-0.1, -0.05) is 41.0 Å². The number of Topliss-reactive ketones (excluding diaryl/α,β-unsaturated/α-hetero) is 1. The molecule has 0 aliphatic heterocycles. The lowest BCUT2D eigenvalue weighted by molar-refractivity contribution is -0.119. The molecule has 4 N–H and O–H groups in total. The fraction of sp³-hybridized carbons (Fsp3) is 0.526. The van der Waals surface area contributed by atoms with Gasteiger partial charge in [0.1, 0.15) is 0 Å². The van der Waals surface area contributed by atoms with Crippen molar-refractivity contribution in [3.8, 4) is 0 Å². The number of anilines is 3. The SMILES string of the molecule is CCCCC(=O)c1cc(NC(=O)C(C)C)c(N)c(NC(=O)C(C)C)c1. The molecule has 1 aromatic rings. The van der Waals surface area contributed by atoms with Crippen LogP contribution < -0.4 is 16.4 Å². The van der Waals surface area contributed by atoms with Crippen LogP contribution in [0.1, 0.15) is 64.2 Å². The zero-order chi connectivity index (χ0) is 19.1. The van der Waals surface area contributed by atoms with Crippen molar-refractivity contribution in [1.82, 2.24) is 0 Å². The highest BCUT2D eigenvalue weighted by atomic mass is 16.2. The second-order valence-electron chi connectivity index (χ2n) is 6.80. The Balaban J connectivity index is 3.27. The van der Waals surface area contributed by atoms with Gasteiger partial charge >= 0.3 is 0 Å². The molecule has 138 valence electrons. The molecule has 0 radical (unpaired) electrons. The van der Waals surface area contributed by atoms with E-state index in [2.05, 4.69) is 10.6 Å². The number of nitrogens with one attached hydrogen (secondary N) is 2. The summed E-state index contributed by atoms with van der Waals surface area (Å²) in [6, 6.07) is 3.16.